The molecule has 5 rings (SSSR count). The van der Waals surface area contributed by atoms with Crippen LogP contribution in [-0.4, -0.2) is 28.3 Å². The second kappa shape index (κ2) is 7.23. The van der Waals surface area contributed by atoms with Crippen LogP contribution in [0.25, 0.3) is 5.69 Å². The monoisotopic (exact) mass is 407 g/mol. The Kier molecular flexibility index (Phi) is 4.77. The average Bonchev–Trinajstić information content (AvgIpc) is 3.44. The molecule has 1 spiro atoms. The van der Waals surface area contributed by atoms with Crippen molar-refractivity contribution in [1.82, 2.24) is 15.1 Å². The summed E-state index contributed by atoms with van der Waals surface area (Å²) >= 11 is 0. The molecule has 2 bridgehead atoms. The van der Waals surface area contributed by atoms with Gasteiger partial charge in [0.1, 0.15) is 0 Å². The summed E-state index contributed by atoms with van der Waals surface area (Å²) in [6.07, 6.45) is 8.84. The Balaban J connectivity index is 1.43. The highest BCUT2D eigenvalue weighted by Crippen LogP contribution is 2.70. The van der Waals surface area contributed by atoms with Crippen LogP contribution in [0.4, 0.5) is 0 Å². The van der Waals surface area contributed by atoms with Crippen LogP contribution in [0.3, 0.4) is 0 Å². The van der Waals surface area contributed by atoms with E-state index in [1.807, 2.05) is 16.9 Å². The summed E-state index contributed by atoms with van der Waals surface area (Å²) in [5.41, 5.74) is 2.61. The van der Waals surface area contributed by atoms with Gasteiger partial charge in [0, 0.05) is 31.5 Å². The average molecular weight is 408 g/mol. The number of carbonyl (C=O) groups excluding carboxylic acids is 1. The van der Waals surface area contributed by atoms with Gasteiger partial charge in [0.15, 0.2) is 0 Å². The second-order valence-electron chi connectivity index (χ2n) is 10.1. The van der Waals surface area contributed by atoms with E-state index in [0.717, 1.165) is 25.1 Å². The molecular weight excluding hydrogens is 374 g/mol. The molecule has 2 heterocycles. The van der Waals surface area contributed by atoms with Crippen LogP contribution in [0.5, 0.6) is 0 Å². The largest absolute Gasteiger partial charge is 0.373 e. The summed E-state index contributed by atoms with van der Waals surface area (Å²) in [5, 5.41) is 7.81. The van der Waals surface area contributed by atoms with Crippen molar-refractivity contribution in [3.63, 3.8) is 0 Å². The van der Waals surface area contributed by atoms with Gasteiger partial charge in [-0.25, -0.2) is 4.68 Å². The molecule has 5 heteroatoms. The van der Waals surface area contributed by atoms with Crippen LogP contribution in [0.1, 0.15) is 64.5 Å². The molecule has 2 aliphatic carbocycles. The number of carbonyl (C=O) groups is 1. The van der Waals surface area contributed by atoms with E-state index >= 15 is 0 Å². The molecule has 2 aromatic rings. The number of nitrogens with zero attached hydrogens (tertiary/aromatic N) is 2. The number of rotatable bonds is 5. The van der Waals surface area contributed by atoms with Gasteiger partial charge in [0.25, 0.3) is 0 Å². The Bertz CT molecular complexity index is 905. The lowest BCUT2D eigenvalue weighted by Crippen LogP contribution is -2.58. The van der Waals surface area contributed by atoms with Gasteiger partial charge in [-0.1, -0.05) is 32.9 Å². The molecule has 0 radical (unpaired) electrons. The van der Waals surface area contributed by atoms with Crippen LogP contribution in [0, 0.1) is 22.7 Å². The van der Waals surface area contributed by atoms with Gasteiger partial charge in [-0.2, -0.15) is 5.10 Å². The minimum Gasteiger partial charge on any atom is -0.373 e. The van der Waals surface area contributed by atoms with Crippen molar-refractivity contribution in [1.29, 1.82) is 0 Å². The van der Waals surface area contributed by atoms with E-state index in [0.29, 0.717) is 18.3 Å². The molecule has 5 nitrogen and oxygen atoms in total. The van der Waals surface area contributed by atoms with Crippen molar-refractivity contribution in [3.8, 4) is 5.69 Å². The summed E-state index contributed by atoms with van der Waals surface area (Å²) < 4.78 is 8.27. The van der Waals surface area contributed by atoms with Crippen molar-refractivity contribution in [2.75, 3.05) is 6.61 Å². The number of ether oxygens (including phenoxy) is 1. The molecule has 3 fully saturated rings. The van der Waals surface area contributed by atoms with Gasteiger partial charge in [-0.05, 0) is 72.1 Å². The van der Waals surface area contributed by atoms with E-state index in [2.05, 4.69) is 55.5 Å². The van der Waals surface area contributed by atoms with E-state index in [1.54, 1.807) is 6.20 Å². The van der Waals surface area contributed by atoms with E-state index in [-0.39, 0.29) is 28.9 Å². The lowest BCUT2D eigenvalue weighted by Gasteiger charge is -2.53. The van der Waals surface area contributed by atoms with Crippen LogP contribution in [-0.2, 0) is 9.53 Å². The standard InChI is InChI=1S/C25H33N3O2/c1-4-6-21(29)27-23-24(2,3)18-15-20-22(30-14-11-25(20,23)16-18)17-7-9-19(10-8-17)28-13-5-12-26-28/h5,7-10,12-13,18,20,22-23H,4,6,11,14-16H2,1-3H3,(H,27,29)/t18-,20-,22-,23+,25-/m1/s1. The van der Waals surface area contributed by atoms with Crippen LogP contribution in [0.2, 0.25) is 0 Å². The second-order valence-corrected chi connectivity index (χ2v) is 10.1. The van der Waals surface area contributed by atoms with E-state index in [1.165, 1.54) is 18.4 Å². The highest BCUT2D eigenvalue weighted by molar-refractivity contribution is 5.76. The molecule has 3 aliphatic rings. The number of hydrogen-bond donors (Lipinski definition) is 1. The normalized spacial score (nSPS) is 34.0. The van der Waals surface area contributed by atoms with Crippen LogP contribution >= 0.6 is 0 Å². The molecule has 0 unspecified atom stereocenters. The van der Waals surface area contributed by atoms with E-state index < -0.39 is 0 Å². The Morgan fingerprint density at radius 3 is 2.80 bits per heavy atom. The van der Waals surface area contributed by atoms with Crippen molar-refractivity contribution < 1.29 is 9.53 Å². The zero-order chi connectivity index (χ0) is 20.9. The van der Waals surface area contributed by atoms with Crippen molar-refractivity contribution in [2.45, 2.75) is 65.0 Å². The van der Waals surface area contributed by atoms with Gasteiger partial charge in [0.2, 0.25) is 5.91 Å². The fourth-order valence-electron chi connectivity index (χ4n) is 6.82. The summed E-state index contributed by atoms with van der Waals surface area (Å²) in [4.78, 5) is 12.6. The highest BCUT2D eigenvalue weighted by Gasteiger charge is 2.68. The van der Waals surface area contributed by atoms with Gasteiger partial charge in [-0.3, -0.25) is 4.79 Å². The van der Waals surface area contributed by atoms with Gasteiger partial charge >= 0.3 is 0 Å². The summed E-state index contributed by atoms with van der Waals surface area (Å²) in [5.74, 6) is 1.32. The molecule has 1 amide bonds. The number of benzene rings is 1. The zero-order valence-electron chi connectivity index (χ0n) is 18.3. The topological polar surface area (TPSA) is 56.2 Å². The van der Waals surface area contributed by atoms with E-state index in [4.69, 9.17) is 4.74 Å². The maximum atomic E-state index is 12.6. The Labute approximate surface area is 179 Å². The quantitative estimate of drug-likeness (QED) is 0.783. The first-order valence-electron chi connectivity index (χ1n) is 11.5. The summed E-state index contributed by atoms with van der Waals surface area (Å²) in [6.45, 7) is 7.57. The number of nitrogens with one attached hydrogen (secondary N) is 1. The Hall–Kier alpha value is -2.14. The summed E-state index contributed by atoms with van der Waals surface area (Å²) in [6, 6.07) is 10.8. The first-order chi connectivity index (χ1) is 14.5. The van der Waals surface area contributed by atoms with Crippen molar-refractivity contribution >= 4 is 5.91 Å². The van der Waals surface area contributed by atoms with Gasteiger partial charge < -0.3 is 10.1 Å². The van der Waals surface area contributed by atoms with Crippen molar-refractivity contribution in [3.05, 3.63) is 48.3 Å². The maximum Gasteiger partial charge on any atom is 0.220 e. The molecule has 1 aromatic heterocycles. The molecule has 160 valence electrons. The molecule has 5 atom stereocenters. The lowest BCUT2D eigenvalue weighted by atomic mass is 9.59. The minimum absolute atomic E-state index is 0.108. The summed E-state index contributed by atoms with van der Waals surface area (Å²) in [7, 11) is 0. The first-order valence-corrected chi connectivity index (χ1v) is 11.5. The molecular formula is C25H33N3O2. The van der Waals surface area contributed by atoms with Crippen LogP contribution < -0.4 is 5.32 Å². The minimum atomic E-state index is 0.108. The molecule has 2 saturated carbocycles. The first kappa shape index (κ1) is 19.8. The van der Waals surface area contributed by atoms with Crippen LogP contribution in [0.15, 0.2) is 42.7 Å². The van der Waals surface area contributed by atoms with Gasteiger partial charge in [0.05, 0.1) is 11.8 Å². The highest BCUT2D eigenvalue weighted by atomic mass is 16.5. The predicted molar refractivity (Wildman–Crippen MR) is 116 cm³/mol. The lowest BCUT2D eigenvalue weighted by molar-refractivity contribution is -0.137. The SMILES string of the molecule is CCCC(=O)N[C@H]1C(C)(C)[C@@H]2C[C@@H]3[C@@H](c4ccc(-n5cccn5)cc4)OCC[C@@]31C2. The molecule has 1 N–H and O–H groups in total. The third-order valence-corrected chi connectivity index (χ3v) is 8.28. The molecule has 30 heavy (non-hydrogen) atoms. The van der Waals surface area contributed by atoms with Crippen molar-refractivity contribution in [2.24, 2.45) is 22.7 Å². The fraction of sp³-hybridized carbons (Fsp3) is 0.600. The zero-order valence-corrected chi connectivity index (χ0v) is 18.3. The Morgan fingerprint density at radius 2 is 2.10 bits per heavy atom. The number of amides is 1. The number of fused-ring (bicyclic) bond motifs is 1. The number of aromatic nitrogens is 2. The molecule has 1 aromatic carbocycles. The molecule has 1 aliphatic heterocycles. The Morgan fingerprint density at radius 1 is 1.30 bits per heavy atom. The number of hydrogen-bond acceptors (Lipinski definition) is 3. The molecule has 1 saturated heterocycles. The van der Waals surface area contributed by atoms with Gasteiger partial charge in [-0.15, -0.1) is 0 Å². The smallest absolute Gasteiger partial charge is 0.220 e. The predicted octanol–water partition coefficient (Wildman–Crippen LogP) is 4.67. The third-order valence-electron chi connectivity index (χ3n) is 8.28. The third kappa shape index (κ3) is 2.93. The fourth-order valence-corrected chi connectivity index (χ4v) is 6.82. The maximum absolute atomic E-state index is 12.6. The van der Waals surface area contributed by atoms with E-state index in [9.17, 15) is 4.79 Å².